The van der Waals surface area contributed by atoms with E-state index in [-0.39, 0.29) is 12.5 Å². The Morgan fingerprint density at radius 1 is 1.11 bits per heavy atom. The van der Waals surface area contributed by atoms with E-state index in [4.69, 9.17) is 16.9 Å². The van der Waals surface area contributed by atoms with Gasteiger partial charge in [-0.3, -0.25) is 4.79 Å². The molecule has 0 aliphatic heterocycles. The molecule has 28 heavy (non-hydrogen) atoms. The average molecular weight is 395 g/mol. The lowest BCUT2D eigenvalue weighted by atomic mass is 10.1. The molecule has 0 spiro atoms. The van der Waals surface area contributed by atoms with Gasteiger partial charge in [0, 0.05) is 36.4 Å². The lowest BCUT2D eigenvalue weighted by Gasteiger charge is -2.25. The predicted octanol–water partition coefficient (Wildman–Crippen LogP) is 3.76. The molecule has 0 saturated carbocycles. The highest BCUT2D eigenvalue weighted by molar-refractivity contribution is 6.31. The summed E-state index contributed by atoms with van der Waals surface area (Å²) in [6.45, 7) is 2.18. The van der Waals surface area contributed by atoms with Crippen LogP contribution in [-0.2, 0) is 17.9 Å². The van der Waals surface area contributed by atoms with Gasteiger partial charge in [0.2, 0.25) is 5.91 Å². The van der Waals surface area contributed by atoms with E-state index in [1.165, 1.54) is 0 Å². The molecule has 0 aliphatic carbocycles. The van der Waals surface area contributed by atoms with Crippen LogP contribution in [0.4, 0.5) is 0 Å². The topological polar surface area (TPSA) is 52.3 Å². The molecule has 2 aromatic carbocycles. The molecule has 0 fully saturated rings. The number of carbonyl (C=O) groups excluding carboxylic acids is 1. The van der Waals surface area contributed by atoms with Crippen LogP contribution in [0.5, 0.6) is 0 Å². The molecule has 1 amide bonds. The van der Waals surface area contributed by atoms with Gasteiger partial charge in [-0.25, -0.2) is 0 Å². The lowest BCUT2D eigenvalue weighted by molar-refractivity contribution is -0.132. The number of hydrogen-bond acceptors (Lipinski definition) is 3. The zero-order valence-electron chi connectivity index (χ0n) is 16.1. The molecule has 6 heteroatoms. The highest BCUT2D eigenvalue weighted by Crippen LogP contribution is 2.21. The Morgan fingerprint density at radius 2 is 1.86 bits per heavy atom. The van der Waals surface area contributed by atoms with Gasteiger partial charge in [-0.05, 0) is 55.4 Å². The number of rotatable bonds is 7. The van der Waals surface area contributed by atoms with Crippen molar-refractivity contribution in [2.75, 3.05) is 27.2 Å². The zero-order valence-corrected chi connectivity index (χ0v) is 16.9. The molecule has 0 radical (unpaired) electrons. The highest BCUT2D eigenvalue weighted by Gasteiger charge is 2.16. The van der Waals surface area contributed by atoms with Gasteiger partial charge < -0.3 is 14.4 Å². The van der Waals surface area contributed by atoms with E-state index >= 15 is 0 Å². The minimum absolute atomic E-state index is 0.0451. The van der Waals surface area contributed by atoms with Crippen molar-refractivity contribution in [1.29, 1.82) is 5.26 Å². The third-order valence-corrected chi connectivity index (χ3v) is 4.90. The molecule has 144 valence electrons. The SMILES string of the molecule is CN(C)CCN(Cc1ccc(C#N)cc1)C(=O)Cn1ccc2ccc(Cl)cc21. The summed E-state index contributed by atoms with van der Waals surface area (Å²) >= 11 is 6.13. The molecule has 5 nitrogen and oxygen atoms in total. The van der Waals surface area contributed by atoms with E-state index in [9.17, 15) is 4.79 Å². The number of amides is 1. The largest absolute Gasteiger partial charge is 0.338 e. The summed E-state index contributed by atoms with van der Waals surface area (Å²) < 4.78 is 1.94. The number of hydrogen-bond donors (Lipinski definition) is 0. The number of aromatic nitrogens is 1. The summed E-state index contributed by atoms with van der Waals surface area (Å²) in [4.78, 5) is 17.0. The first kappa shape index (κ1) is 19.9. The van der Waals surface area contributed by atoms with Gasteiger partial charge in [-0.15, -0.1) is 0 Å². The molecule has 1 heterocycles. The first-order chi connectivity index (χ1) is 13.5. The summed E-state index contributed by atoms with van der Waals surface area (Å²) in [7, 11) is 3.98. The van der Waals surface area contributed by atoms with E-state index in [1.54, 1.807) is 12.1 Å². The number of fused-ring (bicyclic) bond motifs is 1. The molecule has 3 rings (SSSR count). The number of nitriles is 1. The van der Waals surface area contributed by atoms with Crippen LogP contribution >= 0.6 is 11.6 Å². The second-order valence-electron chi connectivity index (χ2n) is 7.07. The van der Waals surface area contributed by atoms with E-state index in [2.05, 4.69) is 11.0 Å². The molecule has 0 N–H and O–H groups in total. The smallest absolute Gasteiger partial charge is 0.242 e. The second-order valence-corrected chi connectivity index (χ2v) is 7.51. The van der Waals surface area contributed by atoms with E-state index < -0.39 is 0 Å². The minimum atomic E-state index is 0.0451. The van der Waals surface area contributed by atoms with Crippen LogP contribution in [0.25, 0.3) is 10.9 Å². The standard InChI is InChI=1S/C22H23ClN4O/c1-25(2)11-12-27(15-18-5-3-17(14-24)4-6-18)22(28)16-26-10-9-19-7-8-20(23)13-21(19)26/h3-10,13H,11-12,15-16H2,1-2H3. The Morgan fingerprint density at radius 3 is 2.54 bits per heavy atom. The van der Waals surface area contributed by atoms with E-state index in [1.807, 2.05) is 66.2 Å². The van der Waals surface area contributed by atoms with Crippen molar-refractivity contribution in [3.8, 4) is 6.07 Å². The molecular weight excluding hydrogens is 372 g/mol. The molecule has 0 saturated heterocycles. The molecule has 0 atom stereocenters. The minimum Gasteiger partial charge on any atom is -0.338 e. The van der Waals surface area contributed by atoms with Crippen molar-refractivity contribution >= 4 is 28.4 Å². The first-order valence-electron chi connectivity index (χ1n) is 9.12. The third kappa shape index (κ3) is 4.92. The van der Waals surface area contributed by atoms with Crippen LogP contribution in [-0.4, -0.2) is 47.5 Å². The molecule has 0 aliphatic rings. The monoisotopic (exact) mass is 394 g/mol. The Bertz CT molecular complexity index is 1000. The number of carbonyl (C=O) groups is 1. The Labute approximate surface area is 170 Å². The maximum Gasteiger partial charge on any atom is 0.242 e. The van der Waals surface area contributed by atoms with Crippen molar-refractivity contribution in [2.24, 2.45) is 0 Å². The van der Waals surface area contributed by atoms with Crippen LogP contribution < -0.4 is 0 Å². The fraction of sp³-hybridized carbons (Fsp3) is 0.273. The summed E-state index contributed by atoms with van der Waals surface area (Å²) in [6, 6.07) is 17.2. The molecule has 0 bridgehead atoms. The molecule has 3 aromatic rings. The number of halogens is 1. The summed E-state index contributed by atoms with van der Waals surface area (Å²) in [5.41, 5.74) is 2.57. The van der Waals surface area contributed by atoms with Gasteiger partial charge in [0.1, 0.15) is 6.54 Å². The van der Waals surface area contributed by atoms with Crippen molar-refractivity contribution in [3.05, 3.63) is 70.9 Å². The Balaban J connectivity index is 1.78. The summed E-state index contributed by atoms with van der Waals surface area (Å²) in [5.74, 6) is 0.0451. The second kappa shape index (κ2) is 8.92. The third-order valence-electron chi connectivity index (χ3n) is 4.67. The summed E-state index contributed by atoms with van der Waals surface area (Å²) in [5, 5.41) is 10.7. The average Bonchev–Trinajstić information content (AvgIpc) is 3.07. The van der Waals surface area contributed by atoms with Gasteiger partial charge in [0.05, 0.1) is 11.6 Å². The van der Waals surface area contributed by atoms with Gasteiger partial charge in [0.25, 0.3) is 0 Å². The molecule has 1 aromatic heterocycles. The van der Waals surface area contributed by atoms with E-state index in [0.29, 0.717) is 23.7 Å². The van der Waals surface area contributed by atoms with Crippen LogP contribution in [0, 0.1) is 11.3 Å². The quantitative estimate of drug-likeness (QED) is 0.613. The highest BCUT2D eigenvalue weighted by atomic mass is 35.5. The van der Waals surface area contributed by atoms with Crippen molar-refractivity contribution < 1.29 is 4.79 Å². The van der Waals surface area contributed by atoms with E-state index in [0.717, 1.165) is 23.0 Å². The van der Waals surface area contributed by atoms with Crippen LogP contribution in [0.2, 0.25) is 5.02 Å². The maximum atomic E-state index is 13.1. The first-order valence-corrected chi connectivity index (χ1v) is 9.50. The van der Waals surface area contributed by atoms with Crippen LogP contribution in [0.1, 0.15) is 11.1 Å². The fourth-order valence-electron chi connectivity index (χ4n) is 3.06. The summed E-state index contributed by atoms with van der Waals surface area (Å²) in [6.07, 6.45) is 1.92. The maximum absolute atomic E-state index is 13.1. The van der Waals surface area contributed by atoms with Gasteiger partial charge in [0.15, 0.2) is 0 Å². The van der Waals surface area contributed by atoms with Crippen molar-refractivity contribution in [3.63, 3.8) is 0 Å². The molecular formula is C22H23ClN4O. The van der Waals surface area contributed by atoms with Crippen LogP contribution in [0.15, 0.2) is 54.7 Å². The normalized spacial score (nSPS) is 11.0. The fourth-order valence-corrected chi connectivity index (χ4v) is 3.22. The van der Waals surface area contributed by atoms with Crippen molar-refractivity contribution in [2.45, 2.75) is 13.1 Å². The Kier molecular flexibility index (Phi) is 6.35. The van der Waals surface area contributed by atoms with Gasteiger partial charge in [-0.2, -0.15) is 5.26 Å². The number of benzene rings is 2. The number of likely N-dealkylation sites (N-methyl/N-ethyl adjacent to an activating group) is 1. The zero-order chi connectivity index (χ0) is 20.1. The number of nitrogens with zero attached hydrogens (tertiary/aromatic N) is 4. The molecule has 0 unspecified atom stereocenters. The predicted molar refractivity (Wildman–Crippen MR) is 112 cm³/mol. The van der Waals surface area contributed by atoms with Crippen LogP contribution in [0.3, 0.4) is 0 Å². The van der Waals surface area contributed by atoms with Crippen molar-refractivity contribution in [1.82, 2.24) is 14.4 Å². The lowest BCUT2D eigenvalue weighted by Crippen LogP contribution is -2.38. The van der Waals surface area contributed by atoms with Gasteiger partial charge >= 0.3 is 0 Å². The van der Waals surface area contributed by atoms with Gasteiger partial charge in [-0.1, -0.05) is 29.8 Å². The Hall–Kier alpha value is -2.81.